The SMILES string of the molecule is CC(=O)COC(=O)CCCCCOC(C)C(=O)OCC(=O)O. The Morgan fingerprint density at radius 2 is 1.68 bits per heavy atom. The summed E-state index contributed by atoms with van der Waals surface area (Å²) in [5, 5.41) is 8.36. The minimum absolute atomic E-state index is 0.197. The van der Waals surface area contributed by atoms with E-state index in [4.69, 9.17) is 14.6 Å². The van der Waals surface area contributed by atoms with Gasteiger partial charge in [0.1, 0.15) is 6.61 Å². The summed E-state index contributed by atoms with van der Waals surface area (Å²) in [4.78, 5) is 43.3. The summed E-state index contributed by atoms with van der Waals surface area (Å²) >= 11 is 0. The van der Waals surface area contributed by atoms with E-state index in [2.05, 4.69) is 4.74 Å². The number of Topliss-reactive ketones (excluding diaryl/α,β-unsaturated/α-hetero) is 1. The molecule has 0 aromatic carbocycles. The van der Waals surface area contributed by atoms with Gasteiger partial charge in [-0.2, -0.15) is 0 Å². The van der Waals surface area contributed by atoms with Gasteiger partial charge in [0.15, 0.2) is 18.5 Å². The first-order chi connectivity index (χ1) is 10.3. The molecule has 0 spiro atoms. The Hall–Kier alpha value is -1.96. The largest absolute Gasteiger partial charge is 0.479 e. The Morgan fingerprint density at radius 1 is 1.00 bits per heavy atom. The van der Waals surface area contributed by atoms with Crippen LogP contribution >= 0.6 is 0 Å². The summed E-state index contributed by atoms with van der Waals surface area (Å²) in [6.45, 7) is 2.23. The molecule has 1 unspecified atom stereocenters. The predicted octanol–water partition coefficient (Wildman–Crippen LogP) is 0.712. The average molecular weight is 318 g/mol. The highest BCUT2D eigenvalue weighted by atomic mass is 16.6. The highest BCUT2D eigenvalue weighted by molar-refractivity contribution is 5.80. The van der Waals surface area contributed by atoms with Gasteiger partial charge in [0.2, 0.25) is 0 Å². The second-order valence-electron chi connectivity index (χ2n) is 4.69. The number of carbonyl (C=O) groups is 4. The number of ketones is 1. The van der Waals surface area contributed by atoms with Crippen molar-refractivity contribution < 1.29 is 38.5 Å². The maximum atomic E-state index is 11.3. The predicted molar refractivity (Wildman–Crippen MR) is 74.1 cm³/mol. The molecule has 8 heteroatoms. The molecule has 0 amide bonds. The lowest BCUT2D eigenvalue weighted by Gasteiger charge is -2.11. The molecule has 0 aliphatic rings. The summed E-state index contributed by atoms with van der Waals surface area (Å²) in [7, 11) is 0. The fraction of sp³-hybridized carbons (Fsp3) is 0.714. The fourth-order valence-electron chi connectivity index (χ4n) is 1.38. The molecule has 0 saturated carbocycles. The van der Waals surface area contributed by atoms with Crippen LogP contribution in [0.3, 0.4) is 0 Å². The zero-order valence-corrected chi connectivity index (χ0v) is 12.8. The summed E-state index contributed by atoms with van der Waals surface area (Å²) in [6.07, 6.45) is 1.32. The van der Waals surface area contributed by atoms with Crippen molar-refractivity contribution in [3.63, 3.8) is 0 Å². The van der Waals surface area contributed by atoms with Crippen LogP contribution in [0.25, 0.3) is 0 Å². The second kappa shape index (κ2) is 11.7. The number of hydrogen-bond acceptors (Lipinski definition) is 7. The first kappa shape index (κ1) is 20.0. The third kappa shape index (κ3) is 11.8. The molecular formula is C14H22O8. The van der Waals surface area contributed by atoms with E-state index in [1.165, 1.54) is 13.8 Å². The minimum Gasteiger partial charge on any atom is -0.479 e. The zero-order valence-electron chi connectivity index (χ0n) is 12.8. The molecule has 0 fully saturated rings. The van der Waals surface area contributed by atoms with Gasteiger partial charge in [-0.3, -0.25) is 9.59 Å². The number of ether oxygens (including phenoxy) is 3. The zero-order chi connectivity index (χ0) is 17.0. The monoisotopic (exact) mass is 318 g/mol. The topological polar surface area (TPSA) is 116 Å². The van der Waals surface area contributed by atoms with E-state index < -0.39 is 30.6 Å². The number of carboxylic acid groups (broad SMARTS) is 1. The molecule has 0 aliphatic carbocycles. The summed E-state index contributed by atoms with van der Waals surface area (Å²) in [6, 6.07) is 0. The normalized spacial score (nSPS) is 11.5. The van der Waals surface area contributed by atoms with Gasteiger partial charge in [-0.05, 0) is 26.7 Å². The van der Waals surface area contributed by atoms with Crippen molar-refractivity contribution in [3.8, 4) is 0 Å². The van der Waals surface area contributed by atoms with E-state index in [-0.39, 0.29) is 18.8 Å². The van der Waals surface area contributed by atoms with E-state index >= 15 is 0 Å². The standard InChI is InChI=1S/C14H22O8/c1-10(15)8-21-13(18)6-4-3-5-7-20-11(2)14(19)22-9-12(16)17/h11H,3-9H2,1-2H3,(H,16,17). The Bertz CT molecular complexity index is 390. The van der Waals surface area contributed by atoms with Crippen molar-refractivity contribution in [2.45, 2.75) is 45.6 Å². The molecule has 0 saturated heterocycles. The van der Waals surface area contributed by atoms with E-state index in [1.54, 1.807) is 0 Å². The van der Waals surface area contributed by atoms with Crippen LogP contribution in [0, 0.1) is 0 Å². The molecule has 0 heterocycles. The van der Waals surface area contributed by atoms with Crippen molar-refractivity contribution in [1.29, 1.82) is 0 Å². The van der Waals surface area contributed by atoms with Gasteiger partial charge in [-0.25, -0.2) is 9.59 Å². The van der Waals surface area contributed by atoms with Gasteiger partial charge < -0.3 is 19.3 Å². The van der Waals surface area contributed by atoms with Crippen LogP contribution < -0.4 is 0 Å². The number of esters is 2. The molecule has 1 N–H and O–H groups in total. The van der Waals surface area contributed by atoms with Crippen LogP contribution in [0.1, 0.15) is 39.5 Å². The van der Waals surface area contributed by atoms with E-state index in [0.717, 1.165) is 0 Å². The fourth-order valence-corrected chi connectivity index (χ4v) is 1.38. The highest BCUT2D eigenvalue weighted by Gasteiger charge is 2.15. The molecule has 0 bridgehead atoms. The van der Waals surface area contributed by atoms with Crippen molar-refractivity contribution in [2.24, 2.45) is 0 Å². The number of hydrogen-bond donors (Lipinski definition) is 1. The summed E-state index contributed by atoms with van der Waals surface area (Å²) in [5.41, 5.74) is 0. The minimum atomic E-state index is -1.22. The van der Waals surface area contributed by atoms with Gasteiger partial charge in [0.25, 0.3) is 0 Å². The Kier molecular flexibility index (Phi) is 10.6. The quantitative estimate of drug-likeness (QED) is 0.413. The molecule has 0 aromatic heterocycles. The molecular weight excluding hydrogens is 296 g/mol. The molecule has 1 atom stereocenters. The van der Waals surface area contributed by atoms with Crippen LogP contribution in [0.15, 0.2) is 0 Å². The van der Waals surface area contributed by atoms with E-state index in [1.807, 2.05) is 0 Å². The Balaban J connectivity index is 3.56. The van der Waals surface area contributed by atoms with Crippen LogP contribution in [0.4, 0.5) is 0 Å². The van der Waals surface area contributed by atoms with Crippen LogP contribution in [-0.4, -0.2) is 54.7 Å². The molecule has 0 aliphatic heterocycles. The molecule has 126 valence electrons. The van der Waals surface area contributed by atoms with Crippen molar-refractivity contribution in [3.05, 3.63) is 0 Å². The van der Waals surface area contributed by atoms with Gasteiger partial charge in [-0.15, -0.1) is 0 Å². The average Bonchev–Trinajstić information content (AvgIpc) is 2.45. The van der Waals surface area contributed by atoms with Gasteiger partial charge in [-0.1, -0.05) is 6.42 Å². The number of unbranched alkanes of at least 4 members (excludes halogenated alkanes) is 2. The number of aliphatic carboxylic acids is 1. The maximum absolute atomic E-state index is 11.3. The third-order valence-electron chi connectivity index (χ3n) is 2.50. The highest BCUT2D eigenvalue weighted by Crippen LogP contribution is 2.04. The van der Waals surface area contributed by atoms with Crippen molar-refractivity contribution in [1.82, 2.24) is 0 Å². The van der Waals surface area contributed by atoms with Gasteiger partial charge in [0.05, 0.1) is 0 Å². The Morgan fingerprint density at radius 3 is 2.27 bits per heavy atom. The lowest BCUT2D eigenvalue weighted by molar-refractivity contribution is -0.163. The van der Waals surface area contributed by atoms with Crippen LogP contribution in [-0.2, 0) is 33.4 Å². The number of rotatable bonds is 12. The van der Waals surface area contributed by atoms with Gasteiger partial charge >= 0.3 is 17.9 Å². The summed E-state index contributed by atoms with van der Waals surface area (Å²) < 4.78 is 14.4. The second-order valence-corrected chi connectivity index (χ2v) is 4.69. The third-order valence-corrected chi connectivity index (χ3v) is 2.50. The van der Waals surface area contributed by atoms with Crippen LogP contribution in [0.5, 0.6) is 0 Å². The molecule has 8 nitrogen and oxygen atoms in total. The first-order valence-corrected chi connectivity index (χ1v) is 6.98. The lowest BCUT2D eigenvalue weighted by atomic mass is 10.2. The van der Waals surface area contributed by atoms with Crippen molar-refractivity contribution >= 4 is 23.7 Å². The lowest BCUT2D eigenvalue weighted by Crippen LogP contribution is -2.26. The molecule has 0 radical (unpaired) electrons. The Labute approximate surface area is 128 Å². The number of carboxylic acids is 1. The smallest absolute Gasteiger partial charge is 0.341 e. The van der Waals surface area contributed by atoms with Crippen LogP contribution in [0.2, 0.25) is 0 Å². The maximum Gasteiger partial charge on any atom is 0.341 e. The number of carbonyl (C=O) groups excluding carboxylic acids is 3. The van der Waals surface area contributed by atoms with E-state index in [9.17, 15) is 19.2 Å². The van der Waals surface area contributed by atoms with Crippen molar-refractivity contribution in [2.75, 3.05) is 19.8 Å². The first-order valence-electron chi connectivity index (χ1n) is 6.98. The van der Waals surface area contributed by atoms with E-state index in [0.29, 0.717) is 25.9 Å². The van der Waals surface area contributed by atoms with Gasteiger partial charge in [0, 0.05) is 13.0 Å². The molecule has 22 heavy (non-hydrogen) atoms. The molecule has 0 rings (SSSR count). The molecule has 0 aromatic rings. The summed E-state index contributed by atoms with van der Waals surface area (Å²) in [5.74, 6) is -2.57.